The number of hydrogen-bond acceptors (Lipinski definition) is 5. The van der Waals surface area contributed by atoms with Crippen LogP contribution >= 0.6 is 0 Å². The van der Waals surface area contributed by atoms with Crippen LogP contribution < -0.4 is 15.4 Å². The Morgan fingerprint density at radius 3 is 2.86 bits per heavy atom. The SMILES string of the molecule is COc1ccc(C(=O)O)cc1NC(=O)NCc1ncn[nH]1. The first-order chi connectivity index (χ1) is 10.1. The van der Waals surface area contributed by atoms with Crippen molar-refractivity contribution in [3.05, 3.63) is 35.9 Å². The summed E-state index contributed by atoms with van der Waals surface area (Å²) in [6.07, 6.45) is 1.33. The van der Waals surface area contributed by atoms with Crippen LogP contribution in [-0.2, 0) is 6.54 Å². The molecule has 1 heterocycles. The number of aromatic nitrogens is 3. The van der Waals surface area contributed by atoms with E-state index in [1.165, 1.54) is 31.6 Å². The van der Waals surface area contributed by atoms with Crippen molar-refractivity contribution in [3.63, 3.8) is 0 Å². The molecule has 1 aromatic heterocycles. The van der Waals surface area contributed by atoms with Crippen molar-refractivity contribution in [2.75, 3.05) is 12.4 Å². The largest absolute Gasteiger partial charge is 0.495 e. The van der Waals surface area contributed by atoms with Gasteiger partial charge in [0.15, 0.2) is 0 Å². The molecule has 0 spiro atoms. The van der Waals surface area contributed by atoms with Gasteiger partial charge in [-0.25, -0.2) is 14.6 Å². The van der Waals surface area contributed by atoms with Gasteiger partial charge in [0, 0.05) is 0 Å². The number of amides is 2. The molecule has 110 valence electrons. The summed E-state index contributed by atoms with van der Waals surface area (Å²) in [6.45, 7) is 0.159. The summed E-state index contributed by atoms with van der Waals surface area (Å²) in [5.41, 5.74) is 0.300. The molecule has 2 rings (SSSR count). The Bertz CT molecular complexity index is 641. The summed E-state index contributed by atoms with van der Waals surface area (Å²) < 4.78 is 5.07. The highest BCUT2D eigenvalue weighted by Crippen LogP contribution is 2.25. The highest BCUT2D eigenvalue weighted by Gasteiger charge is 2.11. The Morgan fingerprint density at radius 2 is 2.24 bits per heavy atom. The van der Waals surface area contributed by atoms with Gasteiger partial charge >= 0.3 is 12.0 Å². The number of methoxy groups -OCH3 is 1. The van der Waals surface area contributed by atoms with Crippen molar-refractivity contribution in [2.45, 2.75) is 6.54 Å². The van der Waals surface area contributed by atoms with Gasteiger partial charge in [-0.1, -0.05) is 0 Å². The molecule has 0 fully saturated rings. The van der Waals surface area contributed by atoms with Crippen LogP contribution in [0.25, 0.3) is 0 Å². The Balaban J connectivity index is 2.04. The topological polar surface area (TPSA) is 129 Å². The molecule has 2 amide bonds. The fraction of sp³-hybridized carbons (Fsp3) is 0.167. The highest BCUT2D eigenvalue weighted by atomic mass is 16.5. The molecular formula is C12H13N5O4. The zero-order chi connectivity index (χ0) is 15.2. The van der Waals surface area contributed by atoms with E-state index in [0.717, 1.165) is 0 Å². The molecule has 0 bridgehead atoms. The predicted molar refractivity (Wildman–Crippen MR) is 72.2 cm³/mol. The van der Waals surface area contributed by atoms with Crippen LogP contribution in [0.15, 0.2) is 24.5 Å². The summed E-state index contributed by atoms with van der Waals surface area (Å²) in [5, 5.41) is 20.3. The number of aromatic amines is 1. The standard InChI is InChI=1S/C12H13N5O4/c1-21-9-3-2-7(11(18)19)4-8(9)16-12(20)13-5-10-14-6-15-17-10/h2-4,6H,5H2,1H3,(H,18,19)(H2,13,16,20)(H,14,15,17). The van der Waals surface area contributed by atoms with Crippen molar-refractivity contribution < 1.29 is 19.4 Å². The second kappa shape index (κ2) is 6.37. The van der Waals surface area contributed by atoms with Crippen molar-refractivity contribution in [2.24, 2.45) is 0 Å². The molecular weight excluding hydrogens is 278 g/mol. The fourth-order valence-electron chi connectivity index (χ4n) is 1.59. The second-order valence-electron chi connectivity index (χ2n) is 3.96. The summed E-state index contributed by atoms with van der Waals surface area (Å²) in [6, 6.07) is 3.65. The third-order valence-corrected chi connectivity index (χ3v) is 2.58. The first kappa shape index (κ1) is 14.3. The van der Waals surface area contributed by atoms with Crippen molar-refractivity contribution in [1.82, 2.24) is 20.5 Å². The number of urea groups is 1. The van der Waals surface area contributed by atoms with E-state index in [4.69, 9.17) is 9.84 Å². The average molecular weight is 291 g/mol. The minimum absolute atomic E-state index is 0.0429. The van der Waals surface area contributed by atoms with E-state index in [2.05, 4.69) is 25.8 Å². The third kappa shape index (κ3) is 3.69. The van der Waals surface area contributed by atoms with Crippen LogP contribution in [0.1, 0.15) is 16.2 Å². The molecule has 0 saturated heterocycles. The zero-order valence-electron chi connectivity index (χ0n) is 11.1. The van der Waals surface area contributed by atoms with Gasteiger partial charge < -0.3 is 20.5 Å². The minimum atomic E-state index is -1.09. The Kier molecular flexibility index (Phi) is 4.34. The Labute approximate surface area is 119 Å². The van der Waals surface area contributed by atoms with Crippen LogP contribution in [-0.4, -0.2) is 39.4 Å². The van der Waals surface area contributed by atoms with E-state index in [1.54, 1.807) is 0 Å². The number of benzene rings is 1. The second-order valence-corrected chi connectivity index (χ2v) is 3.96. The third-order valence-electron chi connectivity index (χ3n) is 2.58. The Morgan fingerprint density at radius 1 is 1.43 bits per heavy atom. The zero-order valence-corrected chi connectivity index (χ0v) is 11.1. The van der Waals surface area contributed by atoms with Gasteiger partial charge in [0.25, 0.3) is 0 Å². The highest BCUT2D eigenvalue weighted by molar-refractivity contribution is 5.94. The van der Waals surface area contributed by atoms with Crippen LogP contribution in [0.3, 0.4) is 0 Å². The molecule has 1 aromatic carbocycles. The number of H-pyrrole nitrogens is 1. The predicted octanol–water partition coefficient (Wildman–Crippen LogP) is 0.833. The molecule has 0 radical (unpaired) electrons. The molecule has 0 aliphatic rings. The number of ether oxygens (including phenoxy) is 1. The van der Waals surface area contributed by atoms with Gasteiger partial charge in [-0.3, -0.25) is 5.10 Å². The molecule has 2 aromatic rings. The van der Waals surface area contributed by atoms with Gasteiger partial charge in [-0.15, -0.1) is 0 Å². The molecule has 0 atom stereocenters. The lowest BCUT2D eigenvalue weighted by Gasteiger charge is -2.11. The van der Waals surface area contributed by atoms with E-state index >= 15 is 0 Å². The number of carboxylic acid groups (broad SMARTS) is 1. The van der Waals surface area contributed by atoms with Crippen molar-refractivity contribution in [3.8, 4) is 5.75 Å². The number of aromatic carboxylic acids is 1. The number of anilines is 1. The van der Waals surface area contributed by atoms with Gasteiger partial charge in [-0.2, -0.15) is 5.10 Å². The molecule has 0 aliphatic heterocycles. The van der Waals surface area contributed by atoms with Crippen LogP contribution in [0.4, 0.5) is 10.5 Å². The molecule has 9 heteroatoms. The van der Waals surface area contributed by atoms with Crippen LogP contribution in [0.2, 0.25) is 0 Å². The number of rotatable bonds is 5. The average Bonchev–Trinajstić information content (AvgIpc) is 2.98. The Hall–Kier alpha value is -3.10. The number of carboxylic acids is 1. The van der Waals surface area contributed by atoms with Crippen LogP contribution in [0, 0.1) is 0 Å². The minimum Gasteiger partial charge on any atom is -0.495 e. The maximum atomic E-state index is 11.8. The number of hydrogen-bond donors (Lipinski definition) is 4. The smallest absolute Gasteiger partial charge is 0.335 e. The fourth-order valence-corrected chi connectivity index (χ4v) is 1.59. The number of carbonyl (C=O) groups is 2. The molecule has 21 heavy (non-hydrogen) atoms. The summed E-state index contributed by atoms with van der Waals surface area (Å²) in [7, 11) is 1.42. The molecule has 0 saturated carbocycles. The molecule has 0 aliphatic carbocycles. The van der Waals surface area contributed by atoms with E-state index in [-0.39, 0.29) is 17.8 Å². The lowest BCUT2D eigenvalue weighted by molar-refractivity contribution is 0.0697. The summed E-state index contributed by atoms with van der Waals surface area (Å²) >= 11 is 0. The van der Waals surface area contributed by atoms with E-state index in [0.29, 0.717) is 11.6 Å². The normalized spacial score (nSPS) is 9.95. The maximum absolute atomic E-state index is 11.8. The lowest BCUT2D eigenvalue weighted by Crippen LogP contribution is -2.28. The molecule has 4 N–H and O–H groups in total. The van der Waals surface area contributed by atoms with Crippen molar-refractivity contribution in [1.29, 1.82) is 0 Å². The number of carbonyl (C=O) groups excluding carboxylic acids is 1. The van der Waals surface area contributed by atoms with E-state index in [1.807, 2.05) is 0 Å². The van der Waals surface area contributed by atoms with Crippen molar-refractivity contribution >= 4 is 17.7 Å². The van der Waals surface area contributed by atoms with E-state index < -0.39 is 12.0 Å². The molecule has 0 unspecified atom stereocenters. The van der Waals surface area contributed by atoms with E-state index in [9.17, 15) is 9.59 Å². The van der Waals surface area contributed by atoms with Crippen LogP contribution in [0.5, 0.6) is 5.75 Å². The summed E-state index contributed by atoms with van der Waals surface area (Å²) in [4.78, 5) is 26.6. The van der Waals surface area contributed by atoms with Gasteiger partial charge in [0.1, 0.15) is 17.9 Å². The molecule has 9 nitrogen and oxygen atoms in total. The first-order valence-electron chi connectivity index (χ1n) is 5.90. The number of nitrogens with one attached hydrogen (secondary N) is 3. The maximum Gasteiger partial charge on any atom is 0.335 e. The van der Waals surface area contributed by atoms with Gasteiger partial charge in [0.2, 0.25) is 0 Å². The van der Waals surface area contributed by atoms with Gasteiger partial charge in [-0.05, 0) is 18.2 Å². The number of nitrogens with zero attached hydrogens (tertiary/aromatic N) is 2. The van der Waals surface area contributed by atoms with Gasteiger partial charge in [0.05, 0.1) is 24.9 Å². The quantitative estimate of drug-likeness (QED) is 0.645. The monoisotopic (exact) mass is 291 g/mol. The first-order valence-corrected chi connectivity index (χ1v) is 5.90. The summed E-state index contributed by atoms with van der Waals surface area (Å²) in [5.74, 6) is -0.242. The lowest BCUT2D eigenvalue weighted by atomic mass is 10.2.